The van der Waals surface area contributed by atoms with E-state index in [0.717, 1.165) is 89.9 Å². The maximum Gasteiger partial charge on any atom is 0.306 e. The van der Waals surface area contributed by atoms with E-state index in [-0.39, 0.29) is 24.9 Å². The average molecular weight is 856 g/mol. The van der Waals surface area contributed by atoms with Crippen molar-refractivity contribution in [1.29, 1.82) is 0 Å². The second-order valence-corrected chi connectivity index (χ2v) is 17.9. The SMILES string of the molecule is CC/C=C/C/C=C/C/C=C/CCCCCCCCC(=O)OC(CCCCCCC/C=C/CCCCCCCC)CC(=O)NC(CO)C(O)CCCCCCCCCCCCC. The normalized spacial score (nSPS) is 13.6. The first-order valence-electron chi connectivity index (χ1n) is 26.4. The van der Waals surface area contributed by atoms with Crippen LogP contribution >= 0.6 is 0 Å². The number of amides is 1. The van der Waals surface area contributed by atoms with E-state index in [2.05, 4.69) is 74.7 Å². The smallest absolute Gasteiger partial charge is 0.306 e. The number of esters is 1. The second kappa shape index (κ2) is 48.8. The van der Waals surface area contributed by atoms with E-state index in [0.29, 0.717) is 19.3 Å². The number of unbranched alkanes of at least 4 members (excludes halogenated alkanes) is 27. The van der Waals surface area contributed by atoms with Gasteiger partial charge < -0.3 is 20.3 Å². The Kier molecular flexibility index (Phi) is 47.1. The Morgan fingerprint density at radius 2 is 0.885 bits per heavy atom. The first-order valence-corrected chi connectivity index (χ1v) is 26.4. The predicted molar refractivity (Wildman–Crippen MR) is 264 cm³/mol. The zero-order valence-corrected chi connectivity index (χ0v) is 40.5. The number of nitrogens with one attached hydrogen (secondary N) is 1. The van der Waals surface area contributed by atoms with Crippen LogP contribution in [0.4, 0.5) is 0 Å². The molecule has 3 unspecified atom stereocenters. The summed E-state index contributed by atoms with van der Waals surface area (Å²) in [5.41, 5.74) is 0. The number of aliphatic hydroxyl groups excluding tert-OH is 2. The number of hydrogen-bond acceptors (Lipinski definition) is 5. The second-order valence-electron chi connectivity index (χ2n) is 17.9. The molecule has 0 saturated carbocycles. The highest BCUT2D eigenvalue weighted by Gasteiger charge is 2.24. The first kappa shape index (κ1) is 58.8. The minimum absolute atomic E-state index is 0.0673. The lowest BCUT2D eigenvalue weighted by atomic mass is 10.0. The molecule has 0 aromatic carbocycles. The molecular weight excluding hydrogens is 755 g/mol. The summed E-state index contributed by atoms with van der Waals surface area (Å²) in [6.45, 7) is 6.37. The summed E-state index contributed by atoms with van der Waals surface area (Å²) >= 11 is 0. The van der Waals surface area contributed by atoms with Gasteiger partial charge in [-0.1, -0.05) is 217 Å². The summed E-state index contributed by atoms with van der Waals surface area (Å²) in [6, 6.07) is -0.706. The Bertz CT molecular complexity index is 1050. The number of carbonyl (C=O) groups is 2. The van der Waals surface area contributed by atoms with E-state index in [1.54, 1.807) is 0 Å². The molecule has 0 saturated heterocycles. The molecule has 0 spiro atoms. The lowest BCUT2D eigenvalue weighted by Gasteiger charge is -2.24. The minimum Gasteiger partial charge on any atom is -0.462 e. The van der Waals surface area contributed by atoms with Crippen molar-refractivity contribution in [2.45, 2.75) is 283 Å². The first-order chi connectivity index (χ1) is 30.0. The number of carbonyl (C=O) groups excluding carboxylic acids is 2. The number of aliphatic hydroxyl groups is 2. The molecule has 0 aliphatic rings. The maximum atomic E-state index is 13.2. The summed E-state index contributed by atoms with van der Waals surface area (Å²) in [5, 5.41) is 23.8. The third-order valence-electron chi connectivity index (χ3n) is 11.9. The predicted octanol–water partition coefficient (Wildman–Crippen LogP) is 15.8. The van der Waals surface area contributed by atoms with Gasteiger partial charge in [0, 0.05) is 6.42 Å². The van der Waals surface area contributed by atoms with Crippen LogP contribution in [0.2, 0.25) is 0 Å². The molecule has 0 aliphatic carbocycles. The molecule has 0 aromatic heterocycles. The van der Waals surface area contributed by atoms with Gasteiger partial charge in [-0.3, -0.25) is 9.59 Å². The zero-order chi connectivity index (χ0) is 44.5. The van der Waals surface area contributed by atoms with E-state index in [1.807, 2.05) is 0 Å². The van der Waals surface area contributed by atoms with Gasteiger partial charge in [0.2, 0.25) is 5.91 Å². The van der Waals surface area contributed by atoms with Crippen LogP contribution in [-0.2, 0) is 14.3 Å². The molecule has 61 heavy (non-hydrogen) atoms. The molecule has 6 heteroatoms. The summed E-state index contributed by atoms with van der Waals surface area (Å²) < 4.78 is 5.93. The molecule has 0 aromatic rings. The number of allylic oxidation sites excluding steroid dienone is 8. The average Bonchev–Trinajstić information content (AvgIpc) is 3.25. The molecule has 0 bridgehead atoms. The lowest BCUT2D eigenvalue weighted by Crippen LogP contribution is -2.46. The van der Waals surface area contributed by atoms with Crippen LogP contribution in [0.15, 0.2) is 48.6 Å². The van der Waals surface area contributed by atoms with Crippen molar-refractivity contribution in [2.24, 2.45) is 0 Å². The highest BCUT2D eigenvalue weighted by molar-refractivity contribution is 5.77. The van der Waals surface area contributed by atoms with Gasteiger partial charge in [0.15, 0.2) is 0 Å². The third-order valence-corrected chi connectivity index (χ3v) is 11.9. The van der Waals surface area contributed by atoms with Crippen LogP contribution in [0.25, 0.3) is 0 Å². The van der Waals surface area contributed by atoms with Gasteiger partial charge in [-0.15, -0.1) is 0 Å². The topological polar surface area (TPSA) is 95.9 Å². The molecule has 0 heterocycles. The van der Waals surface area contributed by atoms with E-state index in [4.69, 9.17) is 4.74 Å². The van der Waals surface area contributed by atoms with E-state index in [1.165, 1.54) is 128 Å². The van der Waals surface area contributed by atoms with Crippen LogP contribution in [0, 0.1) is 0 Å². The third kappa shape index (κ3) is 44.2. The lowest BCUT2D eigenvalue weighted by molar-refractivity contribution is -0.151. The fraction of sp³-hybridized carbons (Fsp3) is 0.818. The quantitative estimate of drug-likeness (QED) is 0.0322. The molecule has 3 N–H and O–H groups in total. The summed E-state index contributed by atoms with van der Waals surface area (Å²) in [6.07, 6.45) is 58.8. The van der Waals surface area contributed by atoms with Crippen molar-refractivity contribution < 1.29 is 24.5 Å². The standard InChI is InChI=1S/C55H101NO5/c1-4-7-10-13-16-19-22-24-26-28-30-33-36-39-42-45-48-55(60)61-51(46-43-40-37-34-32-29-27-25-23-20-17-14-11-8-5-2)49-54(59)56-52(50-57)53(58)47-44-41-38-35-31-21-18-15-12-9-6-3/h7,10,16,19,24-27,51-53,57-58H,4-6,8-9,11-15,17-18,20-23,28-50H2,1-3H3,(H,56,59)/b10-7+,19-16+,26-24+,27-25+. The van der Waals surface area contributed by atoms with Crippen molar-refractivity contribution in [3.05, 3.63) is 48.6 Å². The molecule has 356 valence electrons. The highest BCUT2D eigenvalue weighted by Crippen LogP contribution is 2.18. The Morgan fingerprint density at radius 3 is 1.36 bits per heavy atom. The summed E-state index contributed by atoms with van der Waals surface area (Å²) in [5.74, 6) is -0.491. The highest BCUT2D eigenvalue weighted by atomic mass is 16.5. The molecule has 0 radical (unpaired) electrons. The monoisotopic (exact) mass is 856 g/mol. The van der Waals surface area contributed by atoms with Crippen LogP contribution in [0.1, 0.15) is 265 Å². The van der Waals surface area contributed by atoms with Gasteiger partial charge in [0.05, 0.1) is 25.2 Å². The van der Waals surface area contributed by atoms with Crippen molar-refractivity contribution in [1.82, 2.24) is 5.32 Å². The van der Waals surface area contributed by atoms with Gasteiger partial charge in [0.1, 0.15) is 6.10 Å². The number of rotatable bonds is 47. The fourth-order valence-corrected chi connectivity index (χ4v) is 7.91. The molecule has 0 fully saturated rings. The molecule has 1 amide bonds. The summed E-state index contributed by atoms with van der Waals surface area (Å²) in [7, 11) is 0. The molecule has 6 nitrogen and oxygen atoms in total. The Balaban J connectivity index is 4.61. The van der Waals surface area contributed by atoms with Crippen molar-refractivity contribution >= 4 is 11.9 Å². The van der Waals surface area contributed by atoms with Gasteiger partial charge >= 0.3 is 5.97 Å². The van der Waals surface area contributed by atoms with Gasteiger partial charge in [-0.25, -0.2) is 0 Å². The van der Waals surface area contributed by atoms with Crippen LogP contribution in [0.5, 0.6) is 0 Å². The Labute approximate surface area is 378 Å². The molecule has 0 aliphatic heterocycles. The largest absolute Gasteiger partial charge is 0.462 e. The fourth-order valence-electron chi connectivity index (χ4n) is 7.91. The van der Waals surface area contributed by atoms with Gasteiger partial charge in [-0.05, 0) is 83.5 Å². The van der Waals surface area contributed by atoms with Crippen LogP contribution in [-0.4, -0.2) is 46.9 Å². The van der Waals surface area contributed by atoms with Crippen molar-refractivity contribution in [2.75, 3.05) is 6.61 Å². The molecule has 3 atom stereocenters. The Morgan fingerprint density at radius 1 is 0.492 bits per heavy atom. The van der Waals surface area contributed by atoms with Crippen molar-refractivity contribution in [3.8, 4) is 0 Å². The van der Waals surface area contributed by atoms with Gasteiger partial charge in [0.25, 0.3) is 0 Å². The van der Waals surface area contributed by atoms with Crippen LogP contribution in [0.3, 0.4) is 0 Å². The van der Waals surface area contributed by atoms with Gasteiger partial charge in [-0.2, -0.15) is 0 Å². The molecule has 0 rings (SSSR count). The van der Waals surface area contributed by atoms with E-state index in [9.17, 15) is 19.8 Å². The van der Waals surface area contributed by atoms with Crippen LogP contribution < -0.4 is 5.32 Å². The zero-order valence-electron chi connectivity index (χ0n) is 40.5. The number of hydrogen-bond donors (Lipinski definition) is 3. The Hall–Kier alpha value is -2.18. The van der Waals surface area contributed by atoms with E-state index >= 15 is 0 Å². The maximum absolute atomic E-state index is 13.2. The van der Waals surface area contributed by atoms with Crippen molar-refractivity contribution in [3.63, 3.8) is 0 Å². The summed E-state index contributed by atoms with van der Waals surface area (Å²) in [4.78, 5) is 26.2. The number of ether oxygens (including phenoxy) is 1. The molecular formula is C55H101NO5. The minimum atomic E-state index is -0.791. The van der Waals surface area contributed by atoms with E-state index < -0.39 is 18.2 Å².